The number of ether oxygens (including phenoxy) is 1. The summed E-state index contributed by atoms with van der Waals surface area (Å²) < 4.78 is 5.65. The van der Waals surface area contributed by atoms with Crippen LogP contribution in [-0.4, -0.2) is 34.7 Å². The van der Waals surface area contributed by atoms with Gasteiger partial charge in [0.25, 0.3) is 0 Å². The van der Waals surface area contributed by atoms with Crippen LogP contribution in [-0.2, 0) is 11.3 Å². The average Bonchev–Trinajstić information content (AvgIpc) is 3.22. The number of nitrogens with zero attached hydrogens (tertiary/aromatic N) is 2. The highest BCUT2D eigenvalue weighted by molar-refractivity contribution is 7.13. The van der Waals surface area contributed by atoms with Crippen LogP contribution < -0.4 is 5.32 Å². The van der Waals surface area contributed by atoms with Gasteiger partial charge in [0.1, 0.15) is 5.01 Å². The zero-order valence-corrected chi connectivity index (χ0v) is 19.8. The third-order valence-electron chi connectivity index (χ3n) is 6.15. The first kappa shape index (κ1) is 22.5. The van der Waals surface area contributed by atoms with E-state index in [9.17, 15) is 4.79 Å². The number of carbonyl (C=O) groups excluding carboxylic acids is 1. The number of amides is 1. The summed E-state index contributed by atoms with van der Waals surface area (Å²) in [6.45, 7) is 7.93. The third-order valence-corrected chi connectivity index (χ3v) is 7.15. The number of carbonyl (C=O) groups is 1. The fraction of sp³-hybridized carbons (Fsp3) is 0.385. The number of hydrogen-bond acceptors (Lipinski definition) is 5. The van der Waals surface area contributed by atoms with Crippen molar-refractivity contribution in [3.8, 4) is 10.6 Å². The Morgan fingerprint density at radius 3 is 2.47 bits per heavy atom. The molecule has 5 nitrogen and oxygen atoms in total. The summed E-state index contributed by atoms with van der Waals surface area (Å²) in [6, 6.07) is 19.2. The molecule has 6 heteroatoms. The lowest BCUT2D eigenvalue weighted by molar-refractivity contribution is 0.0362. The number of piperidine rings is 1. The van der Waals surface area contributed by atoms with Gasteiger partial charge in [-0.15, -0.1) is 11.3 Å². The van der Waals surface area contributed by atoms with E-state index in [1.807, 2.05) is 36.6 Å². The fourth-order valence-electron chi connectivity index (χ4n) is 4.60. The first-order chi connectivity index (χ1) is 15.5. The van der Waals surface area contributed by atoms with E-state index in [1.165, 1.54) is 5.56 Å². The molecule has 0 radical (unpaired) electrons. The lowest BCUT2D eigenvalue weighted by Gasteiger charge is -2.42. The Kier molecular flexibility index (Phi) is 7.22. The molecule has 0 saturated carbocycles. The zero-order valence-electron chi connectivity index (χ0n) is 19.0. The summed E-state index contributed by atoms with van der Waals surface area (Å²) in [7, 11) is 0. The Bertz CT molecular complexity index is 1020. The van der Waals surface area contributed by atoms with Crippen molar-refractivity contribution >= 4 is 23.1 Å². The molecule has 1 aromatic heterocycles. The molecule has 0 aliphatic carbocycles. The predicted molar refractivity (Wildman–Crippen MR) is 131 cm³/mol. The van der Waals surface area contributed by atoms with E-state index in [1.54, 1.807) is 11.3 Å². The number of thiazole rings is 1. The van der Waals surface area contributed by atoms with Gasteiger partial charge in [0.2, 0.25) is 0 Å². The molecular formula is C26H31N3O2S. The molecule has 1 N–H and O–H groups in total. The van der Waals surface area contributed by atoms with Crippen LogP contribution in [0.1, 0.15) is 37.9 Å². The Morgan fingerprint density at radius 1 is 1.09 bits per heavy atom. The highest BCUT2D eigenvalue weighted by Crippen LogP contribution is 2.31. The highest BCUT2D eigenvalue weighted by atomic mass is 32.1. The van der Waals surface area contributed by atoms with Crippen LogP contribution in [0.3, 0.4) is 0 Å². The molecule has 168 valence electrons. The van der Waals surface area contributed by atoms with Gasteiger partial charge in [0.05, 0.1) is 12.3 Å². The van der Waals surface area contributed by atoms with Crippen molar-refractivity contribution in [1.82, 2.24) is 9.88 Å². The van der Waals surface area contributed by atoms with E-state index in [4.69, 9.17) is 4.74 Å². The maximum Gasteiger partial charge on any atom is 0.411 e. The fourth-order valence-corrected chi connectivity index (χ4v) is 5.44. The molecule has 2 atom stereocenters. The van der Waals surface area contributed by atoms with Crippen molar-refractivity contribution in [3.05, 3.63) is 71.2 Å². The van der Waals surface area contributed by atoms with Gasteiger partial charge >= 0.3 is 6.09 Å². The standard InChI is InChI=1S/C26H31N3O2S/c1-18-17-32-25(27-18)23-11-7-8-12-24(23)28-26(30)31-16-22-13-19(2)29(20(3)14-22)15-21-9-5-4-6-10-21/h4-12,17,19-20,22H,13-16H2,1-3H3,(H,28,30)/t19-,20-/m1/s1. The van der Waals surface area contributed by atoms with Gasteiger partial charge in [0.15, 0.2) is 0 Å². The normalized spacial score (nSPS) is 21.3. The zero-order chi connectivity index (χ0) is 22.5. The molecule has 2 heterocycles. The minimum absolute atomic E-state index is 0.370. The van der Waals surface area contributed by atoms with Crippen molar-refractivity contribution in [2.75, 3.05) is 11.9 Å². The molecule has 1 aliphatic heterocycles. The number of aromatic nitrogens is 1. The van der Waals surface area contributed by atoms with Gasteiger partial charge in [-0.25, -0.2) is 9.78 Å². The SMILES string of the molecule is Cc1csc(-c2ccccc2NC(=O)OCC2C[C@@H](C)N(Cc3ccccc3)[C@H](C)C2)n1. The molecule has 3 aromatic rings. The number of para-hydroxylation sites is 1. The maximum absolute atomic E-state index is 12.6. The van der Waals surface area contributed by atoms with E-state index in [0.717, 1.165) is 41.3 Å². The lowest BCUT2D eigenvalue weighted by atomic mass is 9.87. The van der Waals surface area contributed by atoms with Crippen LogP contribution in [0.15, 0.2) is 60.0 Å². The van der Waals surface area contributed by atoms with Gasteiger partial charge in [-0.3, -0.25) is 10.2 Å². The second-order valence-electron chi connectivity index (χ2n) is 8.76. The van der Waals surface area contributed by atoms with Crippen molar-refractivity contribution in [2.24, 2.45) is 5.92 Å². The molecule has 2 aromatic carbocycles. The van der Waals surface area contributed by atoms with Crippen LogP contribution in [0.2, 0.25) is 0 Å². The lowest BCUT2D eigenvalue weighted by Crippen LogP contribution is -2.47. The summed E-state index contributed by atoms with van der Waals surface area (Å²) in [6.07, 6.45) is 1.65. The molecule has 1 saturated heterocycles. The van der Waals surface area contributed by atoms with Crippen LogP contribution in [0.5, 0.6) is 0 Å². The molecule has 32 heavy (non-hydrogen) atoms. The van der Waals surface area contributed by atoms with E-state index in [-0.39, 0.29) is 0 Å². The van der Waals surface area contributed by atoms with Gasteiger partial charge in [-0.05, 0) is 57.2 Å². The Morgan fingerprint density at radius 2 is 1.78 bits per heavy atom. The second kappa shape index (κ2) is 10.3. The van der Waals surface area contributed by atoms with Crippen LogP contribution in [0.25, 0.3) is 10.6 Å². The Balaban J connectivity index is 1.31. The molecule has 1 fully saturated rings. The van der Waals surface area contributed by atoms with Gasteiger partial charge in [-0.1, -0.05) is 42.5 Å². The number of nitrogens with one attached hydrogen (secondary N) is 1. The van der Waals surface area contributed by atoms with E-state index in [0.29, 0.717) is 24.6 Å². The average molecular weight is 450 g/mol. The number of benzene rings is 2. The Hall–Kier alpha value is -2.70. The number of likely N-dealkylation sites (tertiary alicyclic amines) is 1. The van der Waals surface area contributed by atoms with E-state index < -0.39 is 6.09 Å². The van der Waals surface area contributed by atoms with E-state index >= 15 is 0 Å². The molecular weight excluding hydrogens is 418 g/mol. The Labute approximate surface area is 194 Å². The molecule has 0 spiro atoms. The largest absolute Gasteiger partial charge is 0.449 e. The molecule has 1 aliphatic rings. The van der Waals surface area contributed by atoms with E-state index in [2.05, 4.69) is 59.4 Å². The van der Waals surface area contributed by atoms with Gasteiger partial charge in [-0.2, -0.15) is 0 Å². The third kappa shape index (κ3) is 5.56. The van der Waals surface area contributed by atoms with Gasteiger partial charge < -0.3 is 4.74 Å². The van der Waals surface area contributed by atoms with Crippen molar-refractivity contribution in [2.45, 2.75) is 52.2 Å². The monoisotopic (exact) mass is 449 g/mol. The summed E-state index contributed by atoms with van der Waals surface area (Å²) in [5, 5.41) is 5.82. The minimum atomic E-state index is -0.405. The van der Waals surface area contributed by atoms with Crippen LogP contribution in [0, 0.1) is 12.8 Å². The van der Waals surface area contributed by atoms with Gasteiger partial charge in [0, 0.05) is 35.3 Å². The highest BCUT2D eigenvalue weighted by Gasteiger charge is 2.31. The predicted octanol–water partition coefficient (Wildman–Crippen LogP) is 6.36. The first-order valence-electron chi connectivity index (χ1n) is 11.2. The summed E-state index contributed by atoms with van der Waals surface area (Å²) in [5.74, 6) is 0.370. The quantitative estimate of drug-likeness (QED) is 0.476. The van der Waals surface area contributed by atoms with Crippen molar-refractivity contribution in [3.63, 3.8) is 0 Å². The smallest absolute Gasteiger partial charge is 0.411 e. The number of hydrogen-bond donors (Lipinski definition) is 1. The topological polar surface area (TPSA) is 54.5 Å². The summed E-state index contributed by atoms with van der Waals surface area (Å²) in [4.78, 5) is 19.6. The molecule has 1 amide bonds. The number of aryl methyl sites for hydroxylation is 1. The molecule has 0 bridgehead atoms. The minimum Gasteiger partial charge on any atom is -0.449 e. The summed E-state index contributed by atoms with van der Waals surface area (Å²) in [5.41, 5.74) is 3.96. The van der Waals surface area contributed by atoms with Crippen LogP contribution in [0.4, 0.5) is 10.5 Å². The van der Waals surface area contributed by atoms with Crippen molar-refractivity contribution in [1.29, 1.82) is 0 Å². The van der Waals surface area contributed by atoms with Crippen molar-refractivity contribution < 1.29 is 9.53 Å². The number of rotatable bonds is 6. The molecule has 0 unspecified atom stereocenters. The maximum atomic E-state index is 12.6. The van der Waals surface area contributed by atoms with Crippen LogP contribution >= 0.6 is 11.3 Å². The molecule has 4 rings (SSSR count). The first-order valence-corrected chi connectivity index (χ1v) is 12.1. The second-order valence-corrected chi connectivity index (χ2v) is 9.61. The number of anilines is 1. The summed E-state index contributed by atoms with van der Waals surface area (Å²) >= 11 is 1.57.